The molecule has 198 valence electrons. The molecule has 0 bridgehead atoms. The Kier molecular flexibility index (Phi) is 5.92. The molecule has 2 aromatic carbocycles. The van der Waals surface area contributed by atoms with Crippen LogP contribution in [0.25, 0.3) is 11.4 Å². The van der Waals surface area contributed by atoms with Gasteiger partial charge in [-0.1, -0.05) is 25.0 Å². The number of nitrogens with zero attached hydrogens (tertiary/aromatic N) is 4. The molecule has 38 heavy (non-hydrogen) atoms. The quantitative estimate of drug-likeness (QED) is 0.493. The summed E-state index contributed by atoms with van der Waals surface area (Å²) in [5.41, 5.74) is 2.90. The Bertz CT molecular complexity index is 1330. The van der Waals surface area contributed by atoms with Gasteiger partial charge in [0.05, 0.1) is 16.6 Å². The van der Waals surface area contributed by atoms with Gasteiger partial charge in [-0.15, -0.1) is 5.10 Å². The lowest BCUT2D eigenvalue weighted by molar-refractivity contribution is -0.125. The fraction of sp³-hybridized carbons (Fsp3) is 0.483. The van der Waals surface area contributed by atoms with E-state index in [0.29, 0.717) is 17.7 Å². The maximum absolute atomic E-state index is 13.1. The molecule has 1 spiro atoms. The Morgan fingerprint density at radius 3 is 2.16 bits per heavy atom. The Hall–Kier alpha value is -3.17. The molecule has 3 heterocycles. The van der Waals surface area contributed by atoms with E-state index in [1.807, 2.05) is 60.5 Å². The van der Waals surface area contributed by atoms with Crippen LogP contribution >= 0.6 is 0 Å². The normalized spacial score (nSPS) is 21.6. The van der Waals surface area contributed by atoms with Crippen LogP contribution in [0, 0.1) is 5.41 Å². The van der Waals surface area contributed by atoms with Gasteiger partial charge < -0.3 is 19.5 Å². The Labute approximate surface area is 224 Å². The number of rotatable bonds is 5. The van der Waals surface area contributed by atoms with Gasteiger partial charge in [0.1, 0.15) is 0 Å². The molecule has 2 saturated heterocycles. The van der Waals surface area contributed by atoms with Crippen LogP contribution in [0.5, 0.6) is 0 Å². The Morgan fingerprint density at radius 2 is 1.53 bits per heavy atom. The van der Waals surface area contributed by atoms with Crippen LogP contribution in [0.4, 0.5) is 17.3 Å². The summed E-state index contributed by atoms with van der Waals surface area (Å²) >= 11 is 0. The van der Waals surface area contributed by atoms with Crippen molar-refractivity contribution in [3.05, 3.63) is 48.5 Å². The average molecular weight is 513 g/mol. The number of carbonyl (C=O) groups excluding carboxylic acids is 1. The van der Waals surface area contributed by atoms with Gasteiger partial charge in [0, 0.05) is 30.5 Å². The highest BCUT2D eigenvalue weighted by atomic mass is 16.7. The van der Waals surface area contributed by atoms with Crippen LogP contribution in [-0.4, -0.2) is 45.5 Å². The monoisotopic (exact) mass is 513 g/mol. The molecule has 6 rings (SSSR count). The molecule has 1 saturated carbocycles. The van der Waals surface area contributed by atoms with E-state index in [2.05, 4.69) is 38.1 Å². The molecule has 3 aromatic rings. The van der Waals surface area contributed by atoms with Crippen molar-refractivity contribution in [2.75, 3.05) is 16.8 Å². The first kappa shape index (κ1) is 25.1. The van der Waals surface area contributed by atoms with Crippen molar-refractivity contribution < 1.29 is 14.1 Å². The molecule has 1 amide bonds. The fourth-order valence-corrected chi connectivity index (χ4v) is 5.82. The average Bonchev–Trinajstić information content (AvgIpc) is 3.63. The summed E-state index contributed by atoms with van der Waals surface area (Å²) in [6, 6.07) is 16.0. The van der Waals surface area contributed by atoms with E-state index in [9.17, 15) is 4.79 Å². The third-order valence-electron chi connectivity index (χ3n) is 8.97. The summed E-state index contributed by atoms with van der Waals surface area (Å²) in [6.45, 7) is 9.03. The predicted octanol–water partition coefficient (Wildman–Crippen LogP) is 4.82. The van der Waals surface area contributed by atoms with Crippen molar-refractivity contribution >= 4 is 35.8 Å². The Morgan fingerprint density at radius 1 is 0.895 bits per heavy atom. The second-order valence-electron chi connectivity index (χ2n) is 12.0. The topological polar surface area (TPSA) is 81.5 Å². The Balaban J connectivity index is 1.13. The van der Waals surface area contributed by atoms with E-state index in [1.54, 1.807) is 4.68 Å². The zero-order chi connectivity index (χ0) is 26.7. The van der Waals surface area contributed by atoms with E-state index in [0.717, 1.165) is 48.2 Å². The lowest BCUT2D eigenvalue weighted by Gasteiger charge is -2.32. The van der Waals surface area contributed by atoms with E-state index < -0.39 is 7.12 Å². The second kappa shape index (κ2) is 8.95. The molecule has 0 radical (unpaired) electrons. The van der Waals surface area contributed by atoms with E-state index in [4.69, 9.17) is 14.3 Å². The van der Waals surface area contributed by atoms with Gasteiger partial charge in [0.15, 0.2) is 5.82 Å². The molecule has 1 N–H and O–H groups in total. The fourth-order valence-electron chi connectivity index (χ4n) is 5.82. The van der Waals surface area contributed by atoms with Crippen LogP contribution in [0.15, 0.2) is 48.5 Å². The number of carbonyl (C=O) groups is 1. The largest absolute Gasteiger partial charge is 0.494 e. The first-order chi connectivity index (χ1) is 18.1. The smallest absolute Gasteiger partial charge is 0.399 e. The zero-order valence-corrected chi connectivity index (χ0v) is 23.0. The molecule has 9 heteroatoms. The standard InChI is InChI=1S/C29H36BN5O3/c1-27(2)28(3,4)38-30(37-27)21-10-12-22(13-11-21)31-26-32-24(33-34(26)5)20-8-14-23(15-9-20)35-19-18-29(25(35)36)16-6-7-17-29/h8-15H,6-7,16-19H2,1-5H3,(H,31,32,33). The number of anilines is 3. The molecule has 1 aromatic heterocycles. The summed E-state index contributed by atoms with van der Waals surface area (Å²) in [6.07, 6.45) is 5.39. The number of aromatic nitrogens is 3. The maximum Gasteiger partial charge on any atom is 0.494 e. The van der Waals surface area contributed by atoms with Crippen molar-refractivity contribution in [1.29, 1.82) is 0 Å². The summed E-state index contributed by atoms with van der Waals surface area (Å²) in [5.74, 6) is 1.58. The van der Waals surface area contributed by atoms with Crippen molar-refractivity contribution in [2.24, 2.45) is 12.5 Å². The lowest BCUT2D eigenvalue weighted by Crippen LogP contribution is -2.41. The van der Waals surface area contributed by atoms with Gasteiger partial charge in [-0.2, -0.15) is 4.98 Å². The summed E-state index contributed by atoms with van der Waals surface area (Å²) in [4.78, 5) is 19.8. The number of benzene rings is 2. The number of aryl methyl sites for hydroxylation is 1. The second-order valence-corrected chi connectivity index (χ2v) is 12.0. The van der Waals surface area contributed by atoms with Crippen LogP contribution in [0.3, 0.4) is 0 Å². The van der Waals surface area contributed by atoms with Crippen molar-refractivity contribution in [3.8, 4) is 11.4 Å². The molecule has 3 fully saturated rings. The summed E-state index contributed by atoms with van der Waals surface area (Å²) in [7, 11) is 1.48. The van der Waals surface area contributed by atoms with Gasteiger partial charge in [0.2, 0.25) is 11.9 Å². The number of amides is 1. The highest BCUT2D eigenvalue weighted by Crippen LogP contribution is 2.47. The van der Waals surface area contributed by atoms with Crippen molar-refractivity contribution in [3.63, 3.8) is 0 Å². The van der Waals surface area contributed by atoms with Gasteiger partial charge in [-0.25, -0.2) is 4.68 Å². The first-order valence-corrected chi connectivity index (χ1v) is 13.6. The number of hydrogen-bond donors (Lipinski definition) is 1. The van der Waals surface area contributed by atoms with Gasteiger partial charge in [-0.3, -0.25) is 4.79 Å². The molecular weight excluding hydrogens is 477 g/mol. The molecule has 3 aliphatic rings. The molecule has 8 nitrogen and oxygen atoms in total. The zero-order valence-electron chi connectivity index (χ0n) is 23.0. The lowest BCUT2D eigenvalue weighted by atomic mass is 9.79. The summed E-state index contributed by atoms with van der Waals surface area (Å²) in [5, 5.41) is 7.97. The minimum atomic E-state index is -0.391. The van der Waals surface area contributed by atoms with Crippen LogP contribution in [0.1, 0.15) is 59.8 Å². The van der Waals surface area contributed by atoms with E-state index in [-0.39, 0.29) is 16.6 Å². The molecular formula is C29H36BN5O3. The SMILES string of the molecule is Cn1nc(-c2ccc(N3CCC4(CCCC4)C3=O)cc2)nc1Nc1ccc(B2OC(C)(C)C(C)(C)O2)cc1. The molecule has 0 unspecified atom stereocenters. The van der Waals surface area contributed by atoms with Gasteiger partial charge in [-0.05, 0) is 88.8 Å². The third-order valence-corrected chi connectivity index (χ3v) is 8.97. The minimum absolute atomic E-state index is 0.107. The third kappa shape index (κ3) is 4.22. The molecule has 1 aliphatic carbocycles. The van der Waals surface area contributed by atoms with Crippen molar-refractivity contribution in [2.45, 2.75) is 71.0 Å². The van der Waals surface area contributed by atoms with Gasteiger partial charge in [0.25, 0.3) is 0 Å². The molecule has 0 atom stereocenters. The number of hydrogen-bond acceptors (Lipinski definition) is 6. The highest BCUT2D eigenvalue weighted by Gasteiger charge is 2.51. The minimum Gasteiger partial charge on any atom is -0.399 e. The van der Waals surface area contributed by atoms with Crippen molar-refractivity contribution in [1.82, 2.24) is 14.8 Å². The van der Waals surface area contributed by atoms with Crippen LogP contribution in [-0.2, 0) is 21.2 Å². The highest BCUT2D eigenvalue weighted by molar-refractivity contribution is 6.62. The predicted molar refractivity (Wildman–Crippen MR) is 150 cm³/mol. The molecule has 2 aliphatic heterocycles. The van der Waals surface area contributed by atoms with Gasteiger partial charge >= 0.3 is 7.12 Å². The number of nitrogens with one attached hydrogen (secondary N) is 1. The summed E-state index contributed by atoms with van der Waals surface area (Å²) < 4.78 is 14.1. The van der Waals surface area contributed by atoms with Crippen LogP contribution < -0.4 is 15.7 Å². The van der Waals surface area contributed by atoms with Crippen LogP contribution in [0.2, 0.25) is 0 Å². The maximum atomic E-state index is 13.1. The first-order valence-electron chi connectivity index (χ1n) is 13.6. The van der Waals surface area contributed by atoms with E-state index >= 15 is 0 Å². The van der Waals surface area contributed by atoms with E-state index in [1.165, 1.54) is 12.8 Å².